The van der Waals surface area contributed by atoms with Crippen molar-refractivity contribution >= 4 is 17.8 Å². The first-order valence-electron chi connectivity index (χ1n) is 6.25. The van der Waals surface area contributed by atoms with Crippen molar-refractivity contribution in [3.05, 3.63) is 0 Å². The number of piperidine rings is 1. The number of carboxylic acids is 1. The average Bonchev–Trinajstić information content (AvgIpc) is 2.34. The van der Waals surface area contributed by atoms with E-state index in [2.05, 4.69) is 10.6 Å². The maximum atomic E-state index is 11.8. The molecule has 1 aliphatic heterocycles. The van der Waals surface area contributed by atoms with Crippen molar-refractivity contribution in [3.8, 4) is 0 Å². The molecular formula is C12H20N2O4. The van der Waals surface area contributed by atoms with Crippen LogP contribution in [0.4, 0.5) is 0 Å². The molecule has 1 aliphatic rings. The van der Waals surface area contributed by atoms with Gasteiger partial charge < -0.3 is 15.7 Å². The van der Waals surface area contributed by atoms with Crippen LogP contribution in [-0.2, 0) is 14.4 Å². The van der Waals surface area contributed by atoms with E-state index in [1.54, 1.807) is 0 Å². The molecule has 102 valence electrons. The van der Waals surface area contributed by atoms with Crippen LogP contribution in [-0.4, -0.2) is 36.0 Å². The first-order chi connectivity index (χ1) is 8.49. The quantitative estimate of drug-likeness (QED) is 0.629. The van der Waals surface area contributed by atoms with Crippen LogP contribution in [0.5, 0.6) is 0 Å². The highest BCUT2D eigenvalue weighted by Crippen LogP contribution is 2.11. The molecule has 0 spiro atoms. The first kappa shape index (κ1) is 14.5. The van der Waals surface area contributed by atoms with E-state index in [9.17, 15) is 14.4 Å². The third-order valence-corrected chi connectivity index (χ3v) is 3.11. The topological polar surface area (TPSA) is 95.5 Å². The van der Waals surface area contributed by atoms with Gasteiger partial charge in [0.2, 0.25) is 11.8 Å². The standard InChI is InChI=1S/C12H20N2O4/c1-8(2-5-11(16)17)6-14-12(18)9-3-4-10(15)13-7-9/h8-9H,2-7H2,1H3,(H,13,15)(H,14,18)(H,16,17). The number of carboxylic acid groups (broad SMARTS) is 1. The Morgan fingerprint density at radius 1 is 1.56 bits per heavy atom. The Balaban J connectivity index is 2.20. The normalized spacial score (nSPS) is 20.9. The fourth-order valence-corrected chi connectivity index (χ4v) is 1.85. The third-order valence-electron chi connectivity index (χ3n) is 3.11. The summed E-state index contributed by atoms with van der Waals surface area (Å²) in [6.45, 7) is 2.79. The molecule has 6 nitrogen and oxygen atoms in total. The Bertz CT molecular complexity index is 320. The number of carbonyl (C=O) groups is 3. The summed E-state index contributed by atoms with van der Waals surface area (Å²) in [7, 11) is 0. The Hall–Kier alpha value is -1.59. The highest BCUT2D eigenvalue weighted by atomic mass is 16.4. The molecule has 18 heavy (non-hydrogen) atoms. The molecule has 0 aliphatic carbocycles. The summed E-state index contributed by atoms with van der Waals surface area (Å²) in [4.78, 5) is 33.1. The molecule has 2 unspecified atom stereocenters. The molecule has 0 aromatic rings. The van der Waals surface area contributed by atoms with Crippen molar-refractivity contribution in [3.63, 3.8) is 0 Å². The van der Waals surface area contributed by atoms with E-state index in [1.807, 2.05) is 6.92 Å². The van der Waals surface area contributed by atoms with E-state index in [1.165, 1.54) is 0 Å². The van der Waals surface area contributed by atoms with Crippen molar-refractivity contribution in [1.82, 2.24) is 10.6 Å². The lowest BCUT2D eigenvalue weighted by Gasteiger charge is -2.22. The summed E-state index contributed by atoms with van der Waals surface area (Å²) in [6, 6.07) is 0. The second-order valence-corrected chi connectivity index (χ2v) is 4.82. The van der Waals surface area contributed by atoms with Gasteiger partial charge in [-0.05, 0) is 18.8 Å². The molecule has 2 atom stereocenters. The van der Waals surface area contributed by atoms with Crippen molar-refractivity contribution in [2.24, 2.45) is 11.8 Å². The van der Waals surface area contributed by atoms with Crippen molar-refractivity contribution in [2.45, 2.75) is 32.6 Å². The maximum absolute atomic E-state index is 11.8. The molecule has 0 bridgehead atoms. The van der Waals surface area contributed by atoms with Gasteiger partial charge in [-0.25, -0.2) is 0 Å². The van der Waals surface area contributed by atoms with Crippen LogP contribution in [0.25, 0.3) is 0 Å². The number of carbonyl (C=O) groups excluding carboxylic acids is 2. The highest BCUT2D eigenvalue weighted by Gasteiger charge is 2.24. The van der Waals surface area contributed by atoms with Crippen LogP contribution in [0, 0.1) is 11.8 Å². The largest absolute Gasteiger partial charge is 0.481 e. The van der Waals surface area contributed by atoms with Gasteiger partial charge in [-0.3, -0.25) is 14.4 Å². The Morgan fingerprint density at radius 3 is 2.83 bits per heavy atom. The lowest BCUT2D eigenvalue weighted by Crippen LogP contribution is -2.43. The number of hydrogen-bond donors (Lipinski definition) is 3. The zero-order valence-electron chi connectivity index (χ0n) is 10.6. The number of amides is 2. The lowest BCUT2D eigenvalue weighted by molar-refractivity contribution is -0.137. The van der Waals surface area contributed by atoms with Crippen LogP contribution in [0.2, 0.25) is 0 Å². The van der Waals surface area contributed by atoms with Gasteiger partial charge in [-0.15, -0.1) is 0 Å². The van der Waals surface area contributed by atoms with E-state index in [4.69, 9.17) is 5.11 Å². The monoisotopic (exact) mass is 256 g/mol. The molecule has 1 heterocycles. The minimum absolute atomic E-state index is 0.00567. The first-order valence-corrected chi connectivity index (χ1v) is 6.25. The van der Waals surface area contributed by atoms with Crippen LogP contribution in [0.3, 0.4) is 0 Å². The summed E-state index contributed by atoms with van der Waals surface area (Å²) >= 11 is 0. The van der Waals surface area contributed by atoms with Gasteiger partial charge in [0.1, 0.15) is 0 Å². The van der Waals surface area contributed by atoms with Gasteiger partial charge in [-0.2, -0.15) is 0 Å². The number of nitrogens with one attached hydrogen (secondary N) is 2. The second kappa shape index (κ2) is 6.98. The van der Waals surface area contributed by atoms with Crippen molar-refractivity contribution in [2.75, 3.05) is 13.1 Å². The zero-order valence-corrected chi connectivity index (χ0v) is 10.6. The number of rotatable bonds is 6. The SMILES string of the molecule is CC(CCC(=O)O)CNC(=O)C1CCC(=O)NC1. The van der Waals surface area contributed by atoms with Crippen LogP contribution in [0.15, 0.2) is 0 Å². The molecule has 0 aromatic carbocycles. The lowest BCUT2D eigenvalue weighted by atomic mass is 9.98. The molecule has 0 aromatic heterocycles. The zero-order chi connectivity index (χ0) is 13.5. The molecule has 1 rings (SSSR count). The average molecular weight is 256 g/mol. The van der Waals surface area contributed by atoms with Crippen LogP contribution in [0.1, 0.15) is 32.6 Å². The molecule has 0 saturated carbocycles. The fraction of sp³-hybridized carbons (Fsp3) is 0.750. The minimum atomic E-state index is -0.817. The van der Waals surface area contributed by atoms with Gasteiger partial charge in [0.15, 0.2) is 0 Å². The maximum Gasteiger partial charge on any atom is 0.303 e. The second-order valence-electron chi connectivity index (χ2n) is 4.82. The summed E-state index contributed by atoms with van der Waals surface area (Å²) in [5, 5.41) is 14.0. The van der Waals surface area contributed by atoms with E-state index in [0.29, 0.717) is 32.4 Å². The van der Waals surface area contributed by atoms with E-state index in [0.717, 1.165) is 0 Å². The van der Waals surface area contributed by atoms with Gasteiger partial charge in [0, 0.05) is 25.9 Å². The molecular weight excluding hydrogens is 236 g/mol. The highest BCUT2D eigenvalue weighted by molar-refractivity contribution is 5.83. The third kappa shape index (κ3) is 5.16. The smallest absolute Gasteiger partial charge is 0.303 e. The summed E-state index contributed by atoms with van der Waals surface area (Å²) in [5.41, 5.74) is 0. The summed E-state index contributed by atoms with van der Waals surface area (Å²) in [6.07, 6.45) is 1.65. The van der Waals surface area contributed by atoms with Crippen molar-refractivity contribution < 1.29 is 19.5 Å². The van der Waals surface area contributed by atoms with Gasteiger partial charge in [-0.1, -0.05) is 6.92 Å². The summed E-state index contributed by atoms with van der Waals surface area (Å²) in [5.74, 6) is -0.896. The molecule has 1 saturated heterocycles. The van der Waals surface area contributed by atoms with Crippen molar-refractivity contribution in [1.29, 1.82) is 0 Å². The van der Waals surface area contributed by atoms with Gasteiger partial charge in [0.05, 0.1) is 5.92 Å². The Labute approximate surface area is 106 Å². The predicted molar refractivity (Wildman–Crippen MR) is 64.8 cm³/mol. The van der Waals surface area contributed by atoms with Crippen LogP contribution < -0.4 is 10.6 Å². The molecule has 2 amide bonds. The van der Waals surface area contributed by atoms with Crippen LogP contribution >= 0.6 is 0 Å². The fourth-order valence-electron chi connectivity index (χ4n) is 1.85. The van der Waals surface area contributed by atoms with Gasteiger partial charge in [0.25, 0.3) is 0 Å². The minimum Gasteiger partial charge on any atom is -0.481 e. The molecule has 0 radical (unpaired) electrons. The summed E-state index contributed by atoms with van der Waals surface area (Å²) < 4.78 is 0. The predicted octanol–water partition coefficient (Wildman–Crippen LogP) is 0.130. The van der Waals surface area contributed by atoms with Gasteiger partial charge >= 0.3 is 5.97 Å². The molecule has 1 fully saturated rings. The van der Waals surface area contributed by atoms with E-state index < -0.39 is 5.97 Å². The number of aliphatic carboxylic acids is 1. The van der Waals surface area contributed by atoms with E-state index >= 15 is 0 Å². The number of hydrogen-bond acceptors (Lipinski definition) is 3. The Kier molecular flexibility index (Phi) is 5.61. The Morgan fingerprint density at radius 2 is 2.28 bits per heavy atom. The molecule has 3 N–H and O–H groups in total. The van der Waals surface area contributed by atoms with E-state index in [-0.39, 0.29) is 30.1 Å². The molecule has 6 heteroatoms.